The Bertz CT molecular complexity index is 1360. The monoisotopic (exact) mass is 901 g/mol. The van der Waals surface area contributed by atoms with Gasteiger partial charge in [0.25, 0.3) is 0 Å². The largest absolute Gasteiger partial charge is 0.462 e. The van der Waals surface area contributed by atoms with Gasteiger partial charge in [-0.05, 0) is 77.0 Å². The molecule has 0 spiro atoms. The third-order valence-corrected chi connectivity index (χ3v) is 10.8. The van der Waals surface area contributed by atoms with Gasteiger partial charge in [-0.1, -0.05) is 239 Å². The summed E-state index contributed by atoms with van der Waals surface area (Å²) in [6.07, 6.45) is 70.8. The Morgan fingerprint density at radius 3 is 1.17 bits per heavy atom. The lowest BCUT2D eigenvalue weighted by molar-refractivity contribution is -0.166. The van der Waals surface area contributed by atoms with Crippen LogP contribution in [0.3, 0.4) is 0 Å². The lowest BCUT2D eigenvalue weighted by atomic mass is 10.0. The minimum absolute atomic E-state index is 0.112. The van der Waals surface area contributed by atoms with E-state index in [4.69, 9.17) is 14.2 Å². The molecule has 0 fully saturated rings. The van der Waals surface area contributed by atoms with Crippen molar-refractivity contribution >= 4 is 17.9 Å². The van der Waals surface area contributed by atoms with Gasteiger partial charge in [0.1, 0.15) is 13.2 Å². The zero-order valence-electron chi connectivity index (χ0n) is 42.0. The summed E-state index contributed by atoms with van der Waals surface area (Å²) in [5.41, 5.74) is 0. The summed E-state index contributed by atoms with van der Waals surface area (Å²) in [5.74, 6) is -1.02. The van der Waals surface area contributed by atoms with Crippen LogP contribution in [0.4, 0.5) is 0 Å². The first kappa shape index (κ1) is 61.1. The molecule has 6 nitrogen and oxygen atoms in total. The van der Waals surface area contributed by atoms with Crippen LogP contribution in [-0.4, -0.2) is 37.2 Å². The number of hydrogen-bond donors (Lipinski definition) is 0. The van der Waals surface area contributed by atoms with E-state index in [1.54, 1.807) is 0 Å². The predicted molar refractivity (Wildman–Crippen MR) is 279 cm³/mol. The molecule has 6 heteroatoms. The first-order valence-electron chi connectivity index (χ1n) is 26.4. The summed E-state index contributed by atoms with van der Waals surface area (Å²) in [4.78, 5) is 38.0. The highest BCUT2D eigenvalue weighted by Crippen LogP contribution is 2.15. The van der Waals surface area contributed by atoms with Crippen LogP contribution in [0, 0.1) is 0 Å². The Labute approximate surface area is 400 Å². The minimum Gasteiger partial charge on any atom is -0.462 e. The first-order chi connectivity index (χ1) is 32.0. The number of carbonyl (C=O) groups excluding carboxylic acids is 3. The highest BCUT2D eigenvalue weighted by molar-refractivity contribution is 5.71. The summed E-state index contributed by atoms with van der Waals surface area (Å²) in [5, 5.41) is 0. The molecule has 0 saturated carbocycles. The molecule has 0 rings (SSSR count). The molecule has 0 N–H and O–H groups in total. The van der Waals surface area contributed by atoms with Gasteiger partial charge in [-0.25, -0.2) is 0 Å². The summed E-state index contributed by atoms with van der Waals surface area (Å²) >= 11 is 0. The van der Waals surface area contributed by atoms with E-state index in [0.717, 1.165) is 103 Å². The van der Waals surface area contributed by atoms with Crippen molar-refractivity contribution in [3.05, 3.63) is 109 Å². The number of rotatable bonds is 46. The fourth-order valence-corrected chi connectivity index (χ4v) is 6.94. The molecule has 0 saturated heterocycles. The van der Waals surface area contributed by atoms with Gasteiger partial charge in [0.05, 0.1) is 0 Å². The topological polar surface area (TPSA) is 78.9 Å². The minimum atomic E-state index is -0.816. The number of allylic oxidation sites excluding steroid dienone is 18. The van der Waals surface area contributed by atoms with Crippen molar-refractivity contribution in [1.29, 1.82) is 0 Å². The lowest BCUT2D eigenvalue weighted by Gasteiger charge is -2.18. The molecule has 0 heterocycles. The zero-order chi connectivity index (χ0) is 47.2. The molecule has 0 aliphatic rings. The van der Waals surface area contributed by atoms with Gasteiger partial charge in [0.15, 0.2) is 6.10 Å². The van der Waals surface area contributed by atoms with Crippen molar-refractivity contribution in [2.75, 3.05) is 13.2 Å². The maximum absolute atomic E-state index is 12.8. The summed E-state index contributed by atoms with van der Waals surface area (Å²) in [7, 11) is 0. The molecule has 0 aromatic rings. The van der Waals surface area contributed by atoms with Gasteiger partial charge in [-0.15, -0.1) is 0 Å². The van der Waals surface area contributed by atoms with E-state index >= 15 is 0 Å². The van der Waals surface area contributed by atoms with Gasteiger partial charge in [-0.2, -0.15) is 0 Å². The normalized spacial score (nSPS) is 13.0. The van der Waals surface area contributed by atoms with Crippen LogP contribution in [-0.2, 0) is 28.6 Å². The molecule has 1 atom stereocenters. The fraction of sp³-hybridized carbons (Fsp3) is 0.644. The highest BCUT2D eigenvalue weighted by Gasteiger charge is 2.19. The first-order valence-corrected chi connectivity index (χ1v) is 26.4. The molecule has 0 radical (unpaired) electrons. The van der Waals surface area contributed by atoms with Crippen molar-refractivity contribution in [3.8, 4) is 0 Å². The standard InChI is InChI=1S/C59H96O6/c1-4-7-10-13-16-19-22-25-27-28-29-30-32-34-37-40-43-46-49-52-58(61)64-55-56(54-63-57(60)51-48-45-42-39-36-33-24-21-18-15-12-9-6-3)65-59(62)53-50-47-44-41-38-35-31-26-23-20-17-14-11-8-5-2/h7,9-10,12,15-16,18-19,21,24-25,27,29-30,34,37,43,46,56H,4-6,8,11,13-14,17,20,22-23,26,28,31-33,35-36,38-42,44-45,47-55H2,1-3H3/b10-7-,12-9-,18-15-,19-16-,24-21-,27-25-,30-29-,37-34-,46-43-. The van der Waals surface area contributed by atoms with Gasteiger partial charge in [-0.3, -0.25) is 14.4 Å². The third-order valence-electron chi connectivity index (χ3n) is 10.8. The van der Waals surface area contributed by atoms with Crippen molar-refractivity contribution in [2.24, 2.45) is 0 Å². The van der Waals surface area contributed by atoms with Crippen LogP contribution in [0.15, 0.2) is 109 Å². The van der Waals surface area contributed by atoms with Crippen molar-refractivity contribution in [1.82, 2.24) is 0 Å². The maximum Gasteiger partial charge on any atom is 0.306 e. The van der Waals surface area contributed by atoms with Crippen LogP contribution in [0.5, 0.6) is 0 Å². The second-order valence-corrected chi connectivity index (χ2v) is 17.1. The Morgan fingerprint density at radius 1 is 0.338 bits per heavy atom. The van der Waals surface area contributed by atoms with Gasteiger partial charge >= 0.3 is 17.9 Å². The zero-order valence-corrected chi connectivity index (χ0v) is 42.0. The highest BCUT2D eigenvalue weighted by atomic mass is 16.6. The second kappa shape index (κ2) is 52.7. The Hall–Kier alpha value is -3.93. The Morgan fingerprint density at radius 2 is 0.708 bits per heavy atom. The van der Waals surface area contributed by atoms with Gasteiger partial charge in [0.2, 0.25) is 0 Å². The molecule has 0 amide bonds. The van der Waals surface area contributed by atoms with Crippen molar-refractivity contribution in [3.63, 3.8) is 0 Å². The van der Waals surface area contributed by atoms with E-state index in [2.05, 4.69) is 124 Å². The van der Waals surface area contributed by atoms with Crippen molar-refractivity contribution < 1.29 is 28.6 Å². The third kappa shape index (κ3) is 50.9. The average Bonchev–Trinajstić information content (AvgIpc) is 3.30. The van der Waals surface area contributed by atoms with Crippen LogP contribution >= 0.6 is 0 Å². The lowest BCUT2D eigenvalue weighted by Crippen LogP contribution is -2.30. The SMILES string of the molecule is CC\C=C/C=C\C=C/CCCCCCCC(=O)OCC(COC(=O)CC/C=C\C/C=C\C/C=C\C/C=C\C/C=C\C/C=C\CC)OC(=O)CCCCCCCCCCCCCCCCC. The molecule has 1 unspecified atom stereocenters. The van der Waals surface area contributed by atoms with E-state index in [0.29, 0.717) is 19.3 Å². The van der Waals surface area contributed by atoms with E-state index in [1.807, 2.05) is 6.08 Å². The molecule has 0 aliphatic carbocycles. The van der Waals surface area contributed by atoms with Crippen molar-refractivity contribution in [2.45, 2.75) is 232 Å². The molecule has 368 valence electrons. The summed E-state index contributed by atoms with van der Waals surface area (Å²) in [6, 6.07) is 0. The van der Waals surface area contributed by atoms with Gasteiger partial charge in [0, 0.05) is 19.3 Å². The number of hydrogen-bond acceptors (Lipinski definition) is 6. The number of ether oxygens (including phenoxy) is 3. The molecule has 65 heavy (non-hydrogen) atoms. The Kier molecular flexibility index (Phi) is 49.5. The van der Waals surface area contributed by atoms with E-state index in [1.165, 1.54) is 77.0 Å². The number of carbonyl (C=O) groups is 3. The van der Waals surface area contributed by atoms with Crippen LogP contribution in [0.1, 0.15) is 226 Å². The molecule has 0 aromatic heterocycles. The smallest absolute Gasteiger partial charge is 0.306 e. The molecule has 0 aliphatic heterocycles. The summed E-state index contributed by atoms with van der Waals surface area (Å²) < 4.78 is 16.7. The summed E-state index contributed by atoms with van der Waals surface area (Å²) in [6.45, 7) is 6.30. The van der Waals surface area contributed by atoms with Gasteiger partial charge < -0.3 is 14.2 Å². The second-order valence-electron chi connectivity index (χ2n) is 17.1. The molecular weight excluding hydrogens is 805 g/mol. The molecule has 0 aromatic carbocycles. The molecule has 0 bridgehead atoms. The van der Waals surface area contributed by atoms with E-state index in [9.17, 15) is 14.4 Å². The predicted octanol–water partition coefficient (Wildman–Crippen LogP) is 17.5. The average molecular weight is 901 g/mol. The fourth-order valence-electron chi connectivity index (χ4n) is 6.94. The van der Waals surface area contributed by atoms with Crippen LogP contribution in [0.25, 0.3) is 0 Å². The van der Waals surface area contributed by atoms with E-state index < -0.39 is 6.10 Å². The maximum atomic E-state index is 12.8. The molecular formula is C59H96O6. The van der Waals surface area contributed by atoms with E-state index in [-0.39, 0.29) is 37.5 Å². The quantitative estimate of drug-likeness (QED) is 0.0199. The number of esters is 3. The van der Waals surface area contributed by atoms with Crippen LogP contribution < -0.4 is 0 Å². The Balaban J connectivity index is 4.52. The van der Waals surface area contributed by atoms with Crippen LogP contribution in [0.2, 0.25) is 0 Å². The number of unbranched alkanes of at least 4 members (excludes halogenated alkanes) is 19.